The van der Waals surface area contributed by atoms with Crippen LogP contribution in [0, 0.1) is 23.2 Å². The molecule has 0 spiro atoms. The Morgan fingerprint density at radius 1 is 0.971 bits per heavy atom. The van der Waals surface area contributed by atoms with E-state index in [0.29, 0.717) is 16.7 Å². The molecule has 0 heterocycles. The lowest BCUT2D eigenvalue weighted by atomic mass is 9.91. The number of benzene rings is 2. The van der Waals surface area contributed by atoms with Gasteiger partial charge in [0.05, 0.1) is 11.6 Å². The summed E-state index contributed by atoms with van der Waals surface area (Å²) in [6.45, 7) is 0.856. The van der Waals surface area contributed by atoms with Gasteiger partial charge >= 0.3 is 6.03 Å². The number of hydrogen-bond donors (Lipinski definition) is 5. The summed E-state index contributed by atoms with van der Waals surface area (Å²) in [6.07, 6.45) is -3.28. The molecule has 1 unspecified atom stereocenters. The monoisotopic (exact) mass is 469 g/mol. The van der Waals surface area contributed by atoms with Crippen molar-refractivity contribution in [1.29, 1.82) is 5.26 Å². The van der Waals surface area contributed by atoms with Crippen molar-refractivity contribution in [3.63, 3.8) is 0 Å². The molecule has 2 atom stereocenters. The quantitative estimate of drug-likeness (QED) is 0.248. The first kappa shape index (κ1) is 25.8. The summed E-state index contributed by atoms with van der Waals surface area (Å²) in [5.74, 6) is 3.54. The van der Waals surface area contributed by atoms with Gasteiger partial charge in [-0.15, -0.1) is 0 Å². The molecule has 0 fully saturated rings. The van der Waals surface area contributed by atoms with E-state index < -0.39 is 35.9 Å². The molecular formula is C23H21F2N5O4. The summed E-state index contributed by atoms with van der Waals surface area (Å²) >= 11 is 0. The van der Waals surface area contributed by atoms with Crippen LogP contribution in [-0.2, 0) is 4.79 Å². The van der Waals surface area contributed by atoms with E-state index in [4.69, 9.17) is 10.5 Å². The Balaban J connectivity index is 2.22. The van der Waals surface area contributed by atoms with Crippen LogP contribution in [0.25, 0.3) is 0 Å². The van der Waals surface area contributed by atoms with Crippen LogP contribution in [0.1, 0.15) is 34.0 Å². The Kier molecular flexibility index (Phi) is 8.65. The van der Waals surface area contributed by atoms with E-state index in [9.17, 15) is 23.2 Å². The standard InChI is InChI=1S/C23H21F2N5O4/c1-23(21(24)25,29-22(33)27-2)18(20(32)30-34)28-19(31)17-11-9-15(10-12-17)4-3-14-5-7-16(13-26)8-6-14/h5-12,18,21,34H,1-2H3,(H,28,31)(H,30,32)(H2,27,29,33)/t18-,23?/m1/s1. The van der Waals surface area contributed by atoms with E-state index in [1.165, 1.54) is 36.8 Å². The lowest BCUT2D eigenvalue weighted by Crippen LogP contribution is -2.69. The smallest absolute Gasteiger partial charge is 0.315 e. The van der Waals surface area contributed by atoms with Gasteiger partial charge in [-0.05, 0) is 55.5 Å². The molecule has 0 aliphatic carbocycles. The zero-order chi connectivity index (χ0) is 25.3. The number of carbonyl (C=O) groups is 3. The summed E-state index contributed by atoms with van der Waals surface area (Å²) in [5.41, 5.74) is 0.428. The summed E-state index contributed by atoms with van der Waals surface area (Å²) in [7, 11) is 1.19. The van der Waals surface area contributed by atoms with E-state index in [1.54, 1.807) is 24.3 Å². The molecule has 0 bridgehead atoms. The maximum atomic E-state index is 13.8. The number of urea groups is 1. The fourth-order valence-corrected chi connectivity index (χ4v) is 2.80. The van der Waals surface area contributed by atoms with Crippen LogP contribution in [0.4, 0.5) is 13.6 Å². The lowest BCUT2D eigenvalue weighted by Gasteiger charge is -2.36. The average Bonchev–Trinajstić information content (AvgIpc) is 2.85. The molecule has 4 amide bonds. The molecule has 176 valence electrons. The first-order valence-electron chi connectivity index (χ1n) is 9.79. The molecule has 34 heavy (non-hydrogen) atoms. The zero-order valence-electron chi connectivity index (χ0n) is 18.1. The highest BCUT2D eigenvalue weighted by atomic mass is 19.3. The average molecular weight is 469 g/mol. The van der Waals surface area contributed by atoms with Crippen molar-refractivity contribution in [1.82, 2.24) is 21.4 Å². The predicted octanol–water partition coefficient (Wildman–Crippen LogP) is 1.51. The number of halogens is 2. The molecule has 11 heteroatoms. The molecular weight excluding hydrogens is 448 g/mol. The van der Waals surface area contributed by atoms with Gasteiger partial charge in [-0.2, -0.15) is 5.26 Å². The fourth-order valence-electron chi connectivity index (χ4n) is 2.80. The second kappa shape index (κ2) is 11.4. The van der Waals surface area contributed by atoms with Gasteiger partial charge in [-0.25, -0.2) is 19.1 Å². The number of carbonyl (C=O) groups excluding carboxylic acids is 3. The van der Waals surface area contributed by atoms with E-state index in [0.717, 1.165) is 6.92 Å². The highest BCUT2D eigenvalue weighted by Crippen LogP contribution is 2.21. The summed E-state index contributed by atoms with van der Waals surface area (Å²) in [5, 5.41) is 24.0. The third kappa shape index (κ3) is 6.28. The Hall–Kier alpha value is -4.48. The Morgan fingerprint density at radius 3 is 1.91 bits per heavy atom. The maximum Gasteiger partial charge on any atom is 0.315 e. The third-order valence-corrected chi connectivity index (χ3v) is 4.82. The van der Waals surface area contributed by atoms with Gasteiger partial charge in [0.1, 0.15) is 11.6 Å². The molecule has 0 radical (unpaired) electrons. The molecule has 2 aromatic carbocycles. The van der Waals surface area contributed by atoms with E-state index in [-0.39, 0.29) is 5.56 Å². The SMILES string of the molecule is CNC(=O)NC(C)(C(F)F)[C@H](NC(=O)c1ccc(C#Cc2ccc(C#N)cc2)cc1)C(=O)NO. The van der Waals surface area contributed by atoms with Gasteiger partial charge in [0.15, 0.2) is 0 Å². The minimum atomic E-state index is -3.28. The number of hydrogen-bond acceptors (Lipinski definition) is 5. The lowest BCUT2D eigenvalue weighted by molar-refractivity contribution is -0.135. The van der Waals surface area contributed by atoms with Crippen molar-refractivity contribution < 1.29 is 28.4 Å². The van der Waals surface area contributed by atoms with Gasteiger partial charge in [-0.1, -0.05) is 11.8 Å². The molecule has 5 N–H and O–H groups in total. The van der Waals surface area contributed by atoms with Gasteiger partial charge in [0, 0.05) is 23.7 Å². The number of alkyl halides is 2. The molecule has 9 nitrogen and oxygen atoms in total. The van der Waals surface area contributed by atoms with Crippen LogP contribution in [0.2, 0.25) is 0 Å². The normalized spacial score (nSPS) is 12.7. The topological polar surface area (TPSA) is 143 Å². The van der Waals surface area contributed by atoms with Crippen LogP contribution >= 0.6 is 0 Å². The Bertz CT molecular complexity index is 1150. The molecule has 0 saturated heterocycles. The van der Waals surface area contributed by atoms with Gasteiger partial charge < -0.3 is 16.0 Å². The first-order valence-corrected chi connectivity index (χ1v) is 9.79. The predicted molar refractivity (Wildman–Crippen MR) is 117 cm³/mol. The van der Waals surface area contributed by atoms with Crippen LogP contribution in [0.15, 0.2) is 48.5 Å². The maximum absolute atomic E-state index is 13.8. The van der Waals surface area contributed by atoms with E-state index in [2.05, 4.69) is 22.5 Å². The van der Waals surface area contributed by atoms with Gasteiger partial charge in [-0.3, -0.25) is 14.8 Å². The minimum Gasteiger partial charge on any atom is -0.341 e. The molecule has 0 saturated carbocycles. The largest absolute Gasteiger partial charge is 0.341 e. The molecule has 0 aliphatic rings. The zero-order valence-corrected chi connectivity index (χ0v) is 18.1. The minimum absolute atomic E-state index is 0.0243. The van der Waals surface area contributed by atoms with E-state index in [1.807, 2.05) is 11.4 Å². The number of rotatable bonds is 6. The second-order valence-electron chi connectivity index (χ2n) is 7.19. The molecule has 2 aromatic rings. The highest BCUT2D eigenvalue weighted by molar-refractivity contribution is 5.98. The van der Waals surface area contributed by atoms with Crippen LogP contribution < -0.4 is 21.4 Å². The van der Waals surface area contributed by atoms with Gasteiger partial charge in [0.25, 0.3) is 18.2 Å². The third-order valence-electron chi connectivity index (χ3n) is 4.82. The Labute approximate surface area is 194 Å². The van der Waals surface area contributed by atoms with Crippen molar-refractivity contribution in [2.24, 2.45) is 0 Å². The first-order chi connectivity index (χ1) is 16.1. The van der Waals surface area contributed by atoms with Crippen LogP contribution in [0.3, 0.4) is 0 Å². The molecule has 0 aromatic heterocycles. The van der Waals surface area contributed by atoms with Crippen LogP contribution in [0.5, 0.6) is 0 Å². The van der Waals surface area contributed by atoms with Crippen LogP contribution in [-0.4, -0.2) is 48.1 Å². The number of nitriles is 1. The second-order valence-corrected chi connectivity index (χ2v) is 7.19. The summed E-state index contributed by atoms with van der Waals surface area (Å²) in [6, 6.07) is 11.4. The number of hydroxylamine groups is 1. The number of amides is 4. The Morgan fingerprint density at radius 2 is 1.47 bits per heavy atom. The summed E-state index contributed by atoms with van der Waals surface area (Å²) < 4.78 is 27.6. The van der Waals surface area contributed by atoms with Crippen molar-refractivity contribution in [2.45, 2.75) is 24.9 Å². The highest BCUT2D eigenvalue weighted by Gasteiger charge is 2.48. The van der Waals surface area contributed by atoms with Gasteiger partial charge in [0.2, 0.25) is 0 Å². The summed E-state index contributed by atoms with van der Waals surface area (Å²) in [4.78, 5) is 36.4. The van der Waals surface area contributed by atoms with Crippen molar-refractivity contribution in [3.05, 3.63) is 70.8 Å². The fraction of sp³-hybridized carbons (Fsp3) is 0.217. The molecule has 0 aliphatic heterocycles. The number of nitrogens with one attached hydrogen (secondary N) is 4. The van der Waals surface area contributed by atoms with E-state index >= 15 is 0 Å². The van der Waals surface area contributed by atoms with Crippen molar-refractivity contribution in [2.75, 3.05) is 7.05 Å². The van der Waals surface area contributed by atoms with Crippen molar-refractivity contribution >= 4 is 17.8 Å². The number of nitrogens with zero attached hydrogens (tertiary/aromatic N) is 1. The van der Waals surface area contributed by atoms with Crippen molar-refractivity contribution in [3.8, 4) is 17.9 Å². The molecule has 2 rings (SSSR count).